The predicted molar refractivity (Wildman–Crippen MR) is 32.1 cm³/mol. The minimum atomic E-state index is 0.359. The molecule has 1 saturated heterocycles. The van der Waals surface area contributed by atoms with Gasteiger partial charge in [0.25, 0.3) is 0 Å². The van der Waals surface area contributed by atoms with E-state index in [1.165, 1.54) is 12.8 Å². The first kappa shape index (κ1) is 5.07. The molecule has 0 bridgehead atoms. The maximum Gasteiger partial charge on any atom is 0.0785 e. The smallest absolute Gasteiger partial charge is 0.0785 e. The molecule has 3 atom stereocenters. The van der Waals surface area contributed by atoms with Crippen LogP contribution in [0.15, 0.2) is 0 Å². The molecule has 1 aliphatic heterocycles. The van der Waals surface area contributed by atoms with Gasteiger partial charge >= 0.3 is 0 Å². The molecule has 1 aliphatic carbocycles. The van der Waals surface area contributed by atoms with Crippen LogP contribution < -0.4 is 0 Å². The van der Waals surface area contributed by atoms with Crippen LogP contribution in [-0.2, 0) is 4.74 Å². The minimum absolute atomic E-state index is 0.359. The second kappa shape index (κ2) is 1.61. The lowest BCUT2D eigenvalue weighted by molar-refractivity contribution is 0.0801. The van der Waals surface area contributed by atoms with Crippen molar-refractivity contribution in [3.63, 3.8) is 0 Å². The van der Waals surface area contributed by atoms with Crippen LogP contribution in [0.1, 0.15) is 12.8 Å². The third kappa shape index (κ3) is 0.579. The van der Waals surface area contributed by atoms with Crippen LogP contribution in [0.2, 0.25) is 0 Å². The van der Waals surface area contributed by atoms with Crippen molar-refractivity contribution in [2.75, 3.05) is 6.61 Å². The molecule has 46 valence electrons. The molecule has 0 radical (unpaired) electrons. The molecule has 1 nitrogen and oxygen atoms in total. The zero-order valence-corrected chi connectivity index (χ0v) is 5.40. The molecule has 1 heterocycles. The van der Waals surface area contributed by atoms with Crippen molar-refractivity contribution >= 4 is 11.6 Å². The van der Waals surface area contributed by atoms with E-state index >= 15 is 0 Å². The fraction of sp³-hybridized carbons (Fsp3) is 1.00. The average molecular weight is 133 g/mol. The molecule has 0 amide bonds. The first-order valence-corrected chi connectivity index (χ1v) is 3.59. The Morgan fingerprint density at radius 2 is 2.38 bits per heavy atom. The summed E-state index contributed by atoms with van der Waals surface area (Å²) in [6.45, 7) is 0.935. The maximum atomic E-state index is 5.83. The van der Waals surface area contributed by atoms with Gasteiger partial charge in [0, 0.05) is 12.5 Å². The van der Waals surface area contributed by atoms with Crippen molar-refractivity contribution < 1.29 is 4.74 Å². The van der Waals surface area contributed by atoms with Crippen LogP contribution in [-0.4, -0.2) is 18.1 Å². The Labute approximate surface area is 54.0 Å². The van der Waals surface area contributed by atoms with Gasteiger partial charge in [-0.2, -0.15) is 0 Å². The Kier molecular flexibility index (Phi) is 1.02. The normalized spacial score (nSPS) is 52.9. The molecule has 2 rings (SSSR count). The third-order valence-corrected chi connectivity index (χ3v) is 2.57. The van der Waals surface area contributed by atoms with E-state index in [4.69, 9.17) is 16.3 Å². The Hall–Kier alpha value is 0.250. The number of hydrogen-bond acceptors (Lipinski definition) is 1. The first-order chi connectivity index (χ1) is 3.89. The number of ether oxygens (including phenoxy) is 1. The highest BCUT2D eigenvalue weighted by Gasteiger charge is 2.51. The van der Waals surface area contributed by atoms with Crippen LogP contribution in [0.4, 0.5) is 0 Å². The second-order valence-corrected chi connectivity index (χ2v) is 3.09. The summed E-state index contributed by atoms with van der Waals surface area (Å²) in [7, 11) is 0. The predicted octanol–water partition coefficient (Wildman–Crippen LogP) is 1.40. The standard InChI is InChI=1S/C6H9ClO/c7-5-4-2-1-3-8-6(4)5/h4-6H,1-3H2/t4-,5-,6-/m0/s1. The number of rotatable bonds is 0. The Balaban J connectivity index is 1.97. The van der Waals surface area contributed by atoms with Gasteiger partial charge < -0.3 is 4.74 Å². The van der Waals surface area contributed by atoms with Crippen LogP contribution in [0, 0.1) is 5.92 Å². The highest BCUT2D eigenvalue weighted by molar-refractivity contribution is 6.23. The molecule has 0 aromatic rings. The summed E-state index contributed by atoms with van der Waals surface area (Å²) in [6, 6.07) is 0. The van der Waals surface area contributed by atoms with Gasteiger partial charge in [-0.25, -0.2) is 0 Å². The molecule has 0 aromatic heterocycles. The zero-order chi connectivity index (χ0) is 5.56. The summed E-state index contributed by atoms with van der Waals surface area (Å²) in [6.07, 6.45) is 2.94. The summed E-state index contributed by atoms with van der Waals surface area (Å²) in [5.41, 5.74) is 0. The van der Waals surface area contributed by atoms with Gasteiger partial charge in [0.05, 0.1) is 11.5 Å². The van der Waals surface area contributed by atoms with E-state index in [1.54, 1.807) is 0 Å². The van der Waals surface area contributed by atoms with Gasteiger partial charge in [-0.3, -0.25) is 0 Å². The molecule has 0 spiro atoms. The van der Waals surface area contributed by atoms with E-state index < -0.39 is 0 Å². The largest absolute Gasteiger partial charge is 0.376 e. The van der Waals surface area contributed by atoms with E-state index in [-0.39, 0.29) is 0 Å². The number of fused-ring (bicyclic) bond motifs is 1. The summed E-state index contributed by atoms with van der Waals surface area (Å²) in [4.78, 5) is 0. The molecule has 1 saturated carbocycles. The van der Waals surface area contributed by atoms with E-state index in [1.807, 2.05) is 0 Å². The van der Waals surface area contributed by atoms with Gasteiger partial charge in [0.15, 0.2) is 0 Å². The van der Waals surface area contributed by atoms with Crippen molar-refractivity contribution in [3.05, 3.63) is 0 Å². The first-order valence-electron chi connectivity index (χ1n) is 3.15. The Morgan fingerprint density at radius 1 is 1.50 bits per heavy atom. The summed E-state index contributed by atoms with van der Waals surface area (Å²) in [5, 5.41) is 0.359. The quantitative estimate of drug-likeness (QED) is 0.453. The van der Waals surface area contributed by atoms with Gasteiger partial charge in [0.2, 0.25) is 0 Å². The van der Waals surface area contributed by atoms with Crippen LogP contribution in [0.5, 0.6) is 0 Å². The Morgan fingerprint density at radius 3 is 2.88 bits per heavy atom. The molecule has 0 aromatic carbocycles. The summed E-state index contributed by atoms with van der Waals surface area (Å²) >= 11 is 5.83. The van der Waals surface area contributed by atoms with Crippen molar-refractivity contribution in [1.82, 2.24) is 0 Å². The summed E-state index contributed by atoms with van der Waals surface area (Å²) in [5.74, 6) is 0.713. The maximum absolute atomic E-state index is 5.83. The lowest BCUT2D eigenvalue weighted by Gasteiger charge is -2.06. The molecule has 0 unspecified atom stereocenters. The number of alkyl halides is 1. The van der Waals surface area contributed by atoms with Gasteiger partial charge in [-0.05, 0) is 12.8 Å². The van der Waals surface area contributed by atoms with E-state index in [0.29, 0.717) is 17.4 Å². The minimum Gasteiger partial charge on any atom is -0.376 e. The lowest BCUT2D eigenvalue weighted by Crippen LogP contribution is -2.05. The molecule has 0 N–H and O–H groups in total. The molecule has 2 heteroatoms. The average Bonchev–Trinajstić information content (AvgIpc) is 2.46. The van der Waals surface area contributed by atoms with Crippen molar-refractivity contribution in [2.45, 2.75) is 24.3 Å². The van der Waals surface area contributed by atoms with Gasteiger partial charge in [-0.15, -0.1) is 11.6 Å². The monoisotopic (exact) mass is 132 g/mol. The molecule has 8 heavy (non-hydrogen) atoms. The second-order valence-electron chi connectivity index (χ2n) is 2.59. The van der Waals surface area contributed by atoms with Crippen molar-refractivity contribution in [2.24, 2.45) is 5.92 Å². The fourth-order valence-corrected chi connectivity index (χ4v) is 1.83. The molecule has 2 fully saturated rings. The van der Waals surface area contributed by atoms with Gasteiger partial charge in [0.1, 0.15) is 0 Å². The van der Waals surface area contributed by atoms with E-state index in [9.17, 15) is 0 Å². The fourth-order valence-electron chi connectivity index (χ4n) is 1.38. The van der Waals surface area contributed by atoms with Gasteiger partial charge in [-0.1, -0.05) is 0 Å². The molecular weight excluding hydrogens is 124 g/mol. The zero-order valence-electron chi connectivity index (χ0n) is 4.64. The lowest BCUT2D eigenvalue weighted by atomic mass is 10.2. The SMILES string of the molecule is Cl[C@H]1[C@@H]2CCCO[C@H]12. The topological polar surface area (TPSA) is 9.23 Å². The van der Waals surface area contributed by atoms with Crippen LogP contribution in [0.3, 0.4) is 0 Å². The molecular formula is C6H9ClO. The van der Waals surface area contributed by atoms with Crippen LogP contribution >= 0.6 is 11.6 Å². The van der Waals surface area contributed by atoms with Crippen molar-refractivity contribution in [1.29, 1.82) is 0 Å². The molecule has 2 aliphatic rings. The van der Waals surface area contributed by atoms with E-state index in [2.05, 4.69) is 0 Å². The summed E-state index contributed by atoms with van der Waals surface area (Å²) < 4.78 is 5.33. The number of halogens is 1. The highest BCUT2D eigenvalue weighted by atomic mass is 35.5. The highest BCUT2D eigenvalue weighted by Crippen LogP contribution is 2.45. The van der Waals surface area contributed by atoms with E-state index in [0.717, 1.165) is 6.61 Å². The third-order valence-electron chi connectivity index (χ3n) is 2.00. The number of hydrogen-bond donors (Lipinski definition) is 0. The van der Waals surface area contributed by atoms with Crippen LogP contribution in [0.25, 0.3) is 0 Å². The Bertz CT molecular complexity index is 92.7. The van der Waals surface area contributed by atoms with Crippen molar-refractivity contribution in [3.8, 4) is 0 Å².